The van der Waals surface area contributed by atoms with E-state index >= 15 is 0 Å². The fourth-order valence-corrected chi connectivity index (χ4v) is 2.07. The van der Waals surface area contributed by atoms with Crippen LogP contribution in [-0.4, -0.2) is 16.9 Å². The molecule has 0 fully saturated rings. The van der Waals surface area contributed by atoms with Gasteiger partial charge in [0.15, 0.2) is 5.78 Å². The average Bonchev–Trinajstić information content (AvgIpc) is 2.46. The van der Waals surface area contributed by atoms with Gasteiger partial charge in [-0.05, 0) is 18.1 Å². The van der Waals surface area contributed by atoms with Gasteiger partial charge in [0.1, 0.15) is 0 Å². The molecule has 2 aromatic rings. The number of benzene rings is 2. The van der Waals surface area contributed by atoms with Gasteiger partial charge in [0.25, 0.3) is 0 Å². The molecule has 0 aliphatic rings. The minimum Gasteiger partial charge on any atom is -0.478 e. The molecule has 0 spiro atoms. The van der Waals surface area contributed by atoms with Crippen LogP contribution in [0.25, 0.3) is 0 Å². The summed E-state index contributed by atoms with van der Waals surface area (Å²) < 4.78 is 0. The number of carbonyl (C=O) groups is 2. The predicted molar refractivity (Wildman–Crippen MR) is 72.7 cm³/mol. The first kappa shape index (κ1) is 13.0. The Hall–Kier alpha value is -2.42. The monoisotopic (exact) mass is 254 g/mol. The van der Waals surface area contributed by atoms with Crippen LogP contribution < -0.4 is 0 Å². The molecule has 3 heteroatoms. The zero-order valence-electron chi connectivity index (χ0n) is 10.6. The standard InChI is InChI=1S/C16H14O3/c1-2-11-9-6-10-13(16(18)19)14(11)15(17)12-7-4-3-5-8-12/h3-10H,2H2,1H3,(H,18,19). The van der Waals surface area contributed by atoms with Crippen LogP contribution in [-0.2, 0) is 6.42 Å². The van der Waals surface area contributed by atoms with E-state index in [9.17, 15) is 14.7 Å². The largest absolute Gasteiger partial charge is 0.478 e. The Kier molecular flexibility index (Phi) is 3.76. The van der Waals surface area contributed by atoms with Gasteiger partial charge in [0.05, 0.1) is 5.56 Å². The summed E-state index contributed by atoms with van der Waals surface area (Å²) in [4.78, 5) is 23.8. The molecule has 0 bridgehead atoms. The maximum absolute atomic E-state index is 12.5. The molecule has 0 aliphatic heterocycles. The minimum atomic E-state index is -1.07. The summed E-state index contributed by atoms with van der Waals surface area (Å²) in [7, 11) is 0. The second kappa shape index (κ2) is 5.48. The van der Waals surface area contributed by atoms with E-state index in [1.807, 2.05) is 13.0 Å². The van der Waals surface area contributed by atoms with Crippen molar-refractivity contribution in [3.05, 3.63) is 70.8 Å². The lowest BCUT2D eigenvalue weighted by molar-refractivity contribution is 0.0692. The molecular weight excluding hydrogens is 240 g/mol. The van der Waals surface area contributed by atoms with Crippen molar-refractivity contribution in [2.24, 2.45) is 0 Å². The van der Waals surface area contributed by atoms with Crippen molar-refractivity contribution in [2.45, 2.75) is 13.3 Å². The lowest BCUT2D eigenvalue weighted by Crippen LogP contribution is -2.12. The van der Waals surface area contributed by atoms with Crippen molar-refractivity contribution in [2.75, 3.05) is 0 Å². The van der Waals surface area contributed by atoms with Crippen LogP contribution in [0.4, 0.5) is 0 Å². The van der Waals surface area contributed by atoms with Crippen LogP contribution in [0.1, 0.15) is 38.8 Å². The Bertz CT molecular complexity index is 615. The zero-order valence-corrected chi connectivity index (χ0v) is 10.6. The van der Waals surface area contributed by atoms with Crippen molar-refractivity contribution >= 4 is 11.8 Å². The van der Waals surface area contributed by atoms with Gasteiger partial charge >= 0.3 is 5.97 Å². The van der Waals surface area contributed by atoms with Gasteiger partial charge in [-0.1, -0.05) is 49.4 Å². The summed E-state index contributed by atoms with van der Waals surface area (Å²) in [6, 6.07) is 13.7. The summed E-state index contributed by atoms with van der Waals surface area (Å²) >= 11 is 0. The number of hydrogen-bond acceptors (Lipinski definition) is 2. The molecule has 1 N–H and O–H groups in total. The number of aryl methyl sites for hydroxylation is 1. The third-order valence-corrected chi connectivity index (χ3v) is 3.03. The quantitative estimate of drug-likeness (QED) is 0.852. The van der Waals surface area contributed by atoms with Crippen molar-refractivity contribution in [3.8, 4) is 0 Å². The third kappa shape index (κ3) is 2.55. The van der Waals surface area contributed by atoms with Crippen molar-refractivity contribution in [3.63, 3.8) is 0 Å². The molecule has 2 rings (SSSR count). The Morgan fingerprint density at radius 2 is 1.68 bits per heavy atom. The van der Waals surface area contributed by atoms with Gasteiger partial charge in [0, 0.05) is 11.1 Å². The smallest absolute Gasteiger partial charge is 0.336 e. The molecule has 0 saturated carbocycles. The number of aromatic carboxylic acids is 1. The van der Waals surface area contributed by atoms with E-state index in [0.29, 0.717) is 17.5 Å². The Morgan fingerprint density at radius 3 is 2.26 bits per heavy atom. The lowest BCUT2D eigenvalue weighted by atomic mass is 9.92. The first-order chi connectivity index (χ1) is 9.15. The Morgan fingerprint density at radius 1 is 1.00 bits per heavy atom. The number of hydrogen-bond donors (Lipinski definition) is 1. The molecule has 19 heavy (non-hydrogen) atoms. The molecule has 0 radical (unpaired) electrons. The van der Waals surface area contributed by atoms with Gasteiger partial charge < -0.3 is 5.11 Å². The van der Waals surface area contributed by atoms with Crippen molar-refractivity contribution in [1.29, 1.82) is 0 Å². The maximum Gasteiger partial charge on any atom is 0.336 e. The highest BCUT2D eigenvalue weighted by Gasteiger charge is 2.20. The van der Waals surface area contributed by atoms with Crippen LogP contribution in [0.5, 0.6) is 0 Å². The zero-order chi connectivity index (χ0) is 13.8. The maximum atomic E-state index is 12.5. The topological polar surface area (TPSA) is 54.4 Å². The molecule has 0 heterocycles. The van der Waals surface area contributed by atoms with Crippen LogP contribution in [0, 0.1) is 0 Å². The van der Waals surface area contributed by atoms with Crippen molar-refractivity contribution < 1.29 is 14.7 Å². The summed E-state index contributed by atoms with van der Waals surface area (Å²) in [5.41, 5.74) is 1.62. The summed E-state index contributed by atoms with van der Waals surface area (Å²) in [6.45, 7) is 1.91. The highest BCUT2D eigenvalue weighted by molar-refractivity contribution is 6.15. The highest BCUT2D eigenvalue weighted by atomic mass is 16.4. The van der Waals surface area contributed by atoms with E-state index in [2.05, 4.69) is 0 Å². The molecule has 0 aromatic heterocycles. The van der Waals surface area contributed by atoms with E-state index in [4.69, 9.17) is 0 Å². The number of carbonyl (C=O) groups excluding carboxylic acids is 1. The normalized spacial score (nSPS) is 10.2. The van der Waals surface area contributed by atoms with E-state index in [-0.39, 0.29) is 11.3 Å². The van der Waals surface area contributed by atoms with E-state index in [1.165, 1.54) is 6.07 Å². The molecule has 0 amide bonds. The van der Waals surface area contributed by atoms with Gasteiger partial charge in [-0.2, -0.15) is 0 Å². The number of rotatable bonds is 4. The molecule has 2 aromatic carbocycles. The van der Waals surface area contributed by atoms with E-state index in [1.54, 1.807) is 36.4 Å². The SMILES string of the molecule is CCc1cccc(C(=O)O)c1C(=O)c1ccccc1. The van der Waals surface area contributed by atoms with Gasteiger partial charge in [-0.3, -0.25) is 4.79 Å². The lowest BCUT2D eigenvalue weighted by Gasteiger charge is -2.10. The first-order valence-corrected chi connectivity index (χ1v) is 6.10. The molecular formula is C16H14O3. The highest BCUT2D eigenvalue weighted by Crippen LogP contribution is 2.20. The minimum absolute atomic E-state index is 0.0632. The summed E-state index contributed by atoms with van der Waals surface area (Å²) in [6.07, 6.45) is 0.620. The van der Waals surface area contributed by atoms with Crippen molar-refractivity contribution in [1.82, 2.24) is 0 Å². The van der Waals surface area contributed by atoms with Gasteiger partial charge in [-0.15, -0.1) is 0 Å². The second-order valence-corrected chi connectivity index (χ2v) is 4.19. The fourth-order valence-electron chi connectivity index (χ4n) is 2.07. The fraction of sp³-hybridized carbons (Fsp3) is 0.125. The summed E-state index contributed by atoms with van der Waals surface area (Å²) in [5.74, 6) is -1.31. The Labute approximate surface area is 111 Å². The summed E-state index contributed by atoms with van der Waals surface area (Å²) in [5, 5.41) is 9.23. The predicted octanol–water partition coefficient (Wildman–Crippen LogP) is 3.18. The van der Waals surface area contributed by atoms with Crippen LogP contribution >= 0.6 is 0 Å². The van der Waals surface area contributed by atoms with Gasteiger partial charge in [-0.25, -0.2) is 4.79 Å². The number of ketones is 1. The Balaban J connectivity index is 2.61. The van der Waals surface area contributed by atoms with Crippen LogP contribution in [0.3, 0.4) is 0 Å². The number of carboxylic acid groups (broad SMARTS) is 1. The van der Waals surface area contributed by atoms with Crippen LogP contribution in [0.2, 0.25) is 0 Å². The number of carboxylic acids is 1. The van der Waals surface area contributed by atoms with Gasteiger partial charge in [0.2, 0.25) is 0 Å². The molecule has 0 aliphatic carbocycles. The third-order valence-electron chi connectivity index (χ3n) is 3.03. The molecule has 0 saturated heterocycles. The second-order valence-electron chi connectivity index (χ2n) is 4.19. The first-order valence-electron chi connectivity index (χ1n) is 6.10. The molecule has 3 nitrogen and oxygen atoms in total. The van der Waals surface area contributed by atoms with Crippen LogP contribution in [0.15, 0.2) is 48.5 Å². The van der Waals surface area contributed by atoms with E-state index in [0.717, 1.165) is 5.56 Å². The molecule has 0 unspecified atom stereocenters. The molecule has 0 atom stereocenters. The average molecular weight is 254 g/mol. The van der Waals surface area contributed by atoms with E-state index < -0.39 is 5.97 Å². The molecule has 96 valence electrons.